The topological polar surface area (TPSA) is 68.5 Å². The molecule has 1 aromatic heterocycles. The second-order valence-corrected chi connectivity index (χ2v) is 7.39. The van der Waals surface area contributed by atoms with Crippen molar-refractivity contribution in [1.82, 2.24) is 15.1 Å². The summed E-state index contributed by atoms with van der Waals surface area (Å²) in [5, 5.41) is 8.25. The molecule has 1 aliphatic rings. The first-order valence-corrected chi connectivity index (χ1v) is 10.0. The zero-order valence-corrected chi connectivity index (χ0v) is 16.1. The molecule has 2 heterocycles. The van der Waals surface area contributed by atoms with Gasteiger partial charge in [0, 0.05) is 18.7 Å². The van der Waals surface area contributed by atoms with Gasteiger partial charge in [-0.1, -0.05) is 30.0 Å². The van der Waals surface area contributed by atoms with E-state index >= 15 is 0 Å². The van der Waals surface area contributed by atoms with Crippen LogP contribution >= 0.6 is 11.8 Å². The highest BCUT2D eigenvalue weighted by Gasteiger charge is 2.22. The Morgan fingerprint density at radius 2 is 1.93 bits per heavy atom. The van der Waals surface area contributed by atoms with Crippen molar-refractivity contribution in [3.8, 4) is 11.5 Å². The quantitative estimate of drug-likeness (QED) is 0.525. The molecular weight excluding hydrogens is 400 g/mol. The molecule has 1 aliphatic heterocycles. The lowest BCUT2D eigenvalue weighted by Crippen LogP contribution is -2.23. The van der Waals surface area contributed by atoms with Crippen LogP contribution in [0.2, 0.25) is 0 Å². The fourth-order valence-electron chi connectivity index (χ4n) is 2.90. The molecule has 4 rings (SSSR count). The molecule has 0 radical (unpaired) electrons. The monoisotopic (exact) mass is 417 g/mol. The predicted molar refractivity (Wildman–Crippen MR) is 101 cm³/mol. The lowest BCUT2D eigenvalue weighted by Gasteiger charge is -2.11. The highest BCUT2D eigenvalue weighted by atomic mass is 32.2. The number of rotatable bonds is 7. The van der Waals surface area contributed by atoms with E-state index in [1.54, 1.807) is 17.0 Å². The number of thioether (sulfide) groups is 1. The second kappa shape index (κ2) is 8.60. The normalized spacial score (nSPS) is 13.9. The summed E-state index contributed by atoms with van der Waals surface area (Å²) in [6, 6.07) is 10.3. The van der Waals surface area contributed by atoms with Crippen molar-refractivity contribution in [3.63, 3.8) is 0 Å². The van der Waals surface area contributed by atoms with Gasteiger partial charge in [-0.2, -0.15) is 0 Å². The average molecular weight is 417 g/mol. The molecule has 0 aliphatic carbocycles. The Morgan fingerprint density at radius 1 is 1.10 bits per heavy atom. The molecule has 1 saturated heterocycles. The van der Waals surface area contributed by atoms with Gasteiger partial charge in [-0.3, -0.25) is 4.79 Å². The summed E-state index contributed by atoms with van der Waals surface area (Å²) < 4.78 is 38.8. The molecule has 0 spiro atoms. The van der Waals surface area contributed by atoms with Gasteiger partial charge in [0.2, 0.25) is 11.8 Å². The fourth-order valence-corrected chi connectivity index (χ4v) is 3.63. The van der Waals surface area contributed by atoms with Crippen molar-refractivity contribution in [2.45, 2.75) is 30.4 Å². The third-order valence-electron chi connectivity index (χ3n) is 4.36. The van der Waals surface area contributed by atoms with Crippen LogP contribution in [0, 0.1) is 11.6 Å². The first-order valence-electron chi connectivity index (χ1n) is 9.02. The van der Waals surface area contributed by atoms with Crippen LogP contribution in [0.4, 0.5) is 8.78 Å². The van der Waals surface area contributed by atoms with Crippen LogP contribution in [0.3, 0.4) is 0 Å². The summed E-state index contributed by atoms with van der Waals surface area (Å²) in [5.41, 5.74) is 0.683. The van der Waals surface area contributed by atoms with Gasteiger partial charge >= 0.3 is 0 Å². The van der Waals surface area contributed by atoms with E-state index in [4.69, 9.17) is 9.15 Å². The van der Waals surface area contributed by atoms with E-state index in [1.807, 2.05) is 0 Å². The standard InChI is InChI=1S/C20H17F2N3O3S/c21-14-4-1-2-5-16(14)27-17-8-7-13(10-15(17)22)12-29-20-24-23-18(28-20)11-25-9-3-6-19(25)26/h1-2,4-5,7-8,10H,3,6,9,11-12H2. The van der Waals surface area contributed by atoms with Gasteiger partial charge in [-0.25, -0.2) is 8.78 Å². The van der Waals surface area contributed by atoms with Crippen LogP contribution in [0.1, 0.15) is 24.3 Å². The maximum atomic E-state index is 14.3. The molecule has 6 nitrogen and oxygen atoms in total. The molecule has 150 valence electrons. The number of hydrogen-bond donors (Lipinski definition) is 0. The molecule has 0 unspecified atom stereocenters. The number of para-hydroxylation sites is 1. The number of halogens is 2. The summed E-state index contributed by atoms with van der Waals surface area (Å²) in [6.07, 6.45) is 1.40. The Kier molecular flexibility index (Phi) is 5.75. The lowest BCUT2D eigenvalue weighted by molar-refractivity contribution is -0.128. The first kappa shape index (κ1) is 19.4. The molecule has 29 heavy (non-hydrogen) atoms. The molecule has 0 atom stereocenters. The maximum Gasteiger partial charge on any atom is 0.276 e. The van der Waals surface area contributed by atoms with Gasteiger partial charge in [-0.15, -0.1) is 10.2 Å². The molecule has 3 aromatic rings. The number of hydrogen-bond acceptors (Lipinski definition) is 6. The predicted octanol–water partition coefficient (Wildman–Crippen LogP) is 4.55. The number of carbonyl (C=O) groups is 1. The Balaban J connectivity index is 1.35. The molecular formula is C20H17F2N3O3S. The first-order chi connectivity index (χ1) is 14.1. The summed E-state index contributed by atoms with van der Waals surface area (Å²) in [5.74, 6) is -0.378. The summed E-state index contributed by atoms with van der Waals surface area (Å²) >= 11 is 1.26. The van der Waals surface area contributed by atoms with Crippen molar-refractivity contribution < 1.29 is 22.7 Å². The van der Waals surface area contributed by atoms with Crippen molar-refractivity contribution >= 4 is 17.7 Å². The van der Waals surface area contributed by atoms with Crippen LogP contribution in [0.15, 0.2) is 52.1 Å². The second-order valence-electron chi connectivity index (χ2n) is 6.47. The smallest absolute Gasteiger partial charge is 0.276 e. The molecule has 0 bridgehead atoms. The zero-order valence-electron chi connectivity index (χ0n) is 15.3. The molecule has 0 saturated carbocycles. The van der Waals surface area contributed by atoms with Gasteiger partial charge in [0.05, 0.1) is 6.54 Å². The molecule has 1 amide bonds. The SMILES string of the molecule is O=C1CCCN1Cc1nnc(SCc2ccc(Oc3ccccc3F)c(F)c2)o1. The van der Waals surface area contributed by atoms with Crippen molar-refractivity contribution in [2.24, 2.45) is 0 Å². The fraction of sp³-hybridized carbons (Fsp3) is 0.250. The van der Waals surface area contributed by atoms with E-state index in [1.165, 1.54) is 42.1 Å². The minimum absolute atomic E-state index is 0.0385. The highest BCUT2D eigenvalue weighted by Crippen LogP contribution is 2.29. The molecule has 9 heteroatoms. The maximum absolute atomic E-state index is 14.3. The Hall–Kier alpha value is -2.94. The van der Waals surface area contributed by atoms with Crippen LogP contribution in [0.25, 0.3) is 0 Å². The van der Waals surface area contributed by atoms with Crippen LogP contribution in [-0.2, 0) is 17.1 Å². The van der Waals surface area contributed by atoms with E-state index in [0.717, 1.165) is 6.42 Å². The van der Waals surface area contributed by atoms with Crippen LogP contribution < -0.4 is 4.74 Å². The van der Waals surface area contributed by atoms with Crippen LogP contribution in [0.5, 0.6) is 11.5 Å². The number of ether oxygens (including phenoxy) is 1. The lowest BCUT2D eigenvalue weighted by atomic mass is 10.2. The Labute approximate surface area is 169 Å². The van der Waals surface area contributed by atoms with E-state index in [9.17, 15) is 13.6 Å². The van der Waals surface area contributed by atoms with Gasteiger partial charge in [0.1, 0.15) is 0 Å². The molecule has 1 fully saturated rings. The van der Waals surface area contributed by atoms with E-state index in [-0.39, 0.29) is 17.4 Å². The van der Waals surface area contributed by atoms with Gasteiger partial charge in [0.15, 0.2) is 23.1 Å². The Bertz CT molecular complexity index is 1030. The van der Waals surface area contributed by atoms with E-state index in [0.29, 0.717) is 41.9 Å². The summed E-state index contributed by atoms with van der Waals surface area (Å²) in [4.78, 5) is 13.3. The zero-order chi connectivity index (χ0) is 20.2. The van der Waals surface area contributed by atoms with Crippen LogP contribution in [-0.4, -0.2) is 27.5 Å². The third-order valence-corrected chi connectivity index (χ3v) is 5.25. The minimum Gasteiger partial charge on any atom is -0.451 e. The number of nitrogens with zero attached hydrogens (tertiary/aromatic N) is 3. The van der Waals surface area contributed by atoms with Gasteiger partial charge in [0.25, 0.3) is 5.22 Å². The average Bonchev–Trinajstić information content (AvgIpc) is 3.33. The number of aromatic nitrogens is 2. The number of amides is 1. The van der Waals surface area contributed by atoms with E-state index < -0.39 is 11.6 Å². The van der Waals surface area contributed by atoms with Crippen molar-refractivity contribution in [1.29, 1.82) is 0 Å². The van der Waals surface area contributed by atoms with Crippen molar-refractivity contribution in [3.05, 3.63) is 65.6 Å². The summed E-state index contributed by atoms with van der Waals surface area (Å²) in [7, 11) is 0. The molecule has 0 N–H and O–H groups in total. The third kappa shape index (κ3) is 4.73. The number of carbonyl (C=O) groups excluding carboxylic acids is 1. The Morgan fingerprint density at radius 3 is 2.69 bits per heavy atom. The van der Waals surface area contributed by atoms with Gasteiger partial charge in [-0.05, 0) is 36.2 Å². The summed E-state index contributed by atoms with van der Waals surface area (Å²) in [6.45, 7) is 1.01. The number of likely N-dealkylation sites (tertiary alicyclic amines) is 1. The highest BCUT2D eigenvalue weighted by molar-refractivity contribution is 7.98. The largest absolute Gasteiger partial charge is 0.451 e. The minimum atomic E-state index is -0.592. The van der Waals surface area contributed by atoms with Gasteiger partial charge < -0.3 is 14.1 Å². The van der Waals surface area contributed by atoms with Crippen molar-refractivity contribution in [2.75, 3.05) is 6.54 Å². The molecule has 2 aromatic carbocycles. The number of benzene rings is 2. The van der Waals surface area contributed by atoms with E-state index in [2.05, 4.69) is 10.2 Å².